The molecule has 3 rings (SSSR count). The van der Waals surface area contributed by atoms with Crippen LogP contribution in [0.15, 0.2) is 57.8 Å². The molecule has 3 heterocycles. The van der Waals surface area contributed by atoms with Gasteiger partial charge < -0.3 is 14.8 Å². The number of furan rings is 1. The van der Waals surface area contributed by atoms with Gasteiger partial charge in [-0.3, -0.25) is 4.79 Å². The van der Waals surface area contributed by atoms with Gasteiger partial charge in [0.2, 0.25) is 5.91 Å². The molecular weight excluding hydrogens is 330 g/mol. The van der Waals surface area contributed by atoms with Gasteiger partial charge in [0.15, 0.2) is 0 Å². The zero-order valence-electron chi connectivity index (χ0n) is 12.1. The predicted octanol–water partition coefficient (Wildman–Crippen LogP) is 3.81. The highest BCUT2D eigenvalue weighted by Gasteiger charge is 2.13. The summed E-state index contributed by atoms with van der Waals surface area (Å²) >= 11 is 3.05. The summed E-state index contributed by atoms with van der Waals surface area (Å²) in [4.78, 5) is 13.6. The first-order valence-corrected chi connectivity index (χ1v) is 8.76. The lowest BCUT2D eigenvalue weighted by Crippen LogP contribution is -2.19. The molecule has 0 aromatic carbocycles. The van der Waals surface area contributed by atoms with Crippen molar-refractivity contribution in [2.24, 2.45) is 0 Å². The van der Waals surface area contributed by atoms with E-state index >= 15 is 0 Å². The standard InChI is InChI=1S/C17H15NO3S2/c19-16(6-3-13-2-1-8-21-13)18-10-14-4-5-15(23-14)17(20)12-7-9-22-11-12/h1-9,11,17,20H,10H2,(H,18,19)/b6-3+. The van der Waals surface area contributed by atoms with Gasteiger partial charge in [-0.25, -0.2) is 0 Å². The van der Waals surface area contributed by atoms with Crippen molar-refractivity contribution in [2.75, 3.05) is 0 Å². The fourth-order valence-electron chi connectivity index (χ4n) is 2.01. The molecule has 1 unspecified atom stereocenters. The number of hydrogen-bond donors (Lipinski definition) is 2. The monoisotopic (exact) mass is 345 g/mol. The zero-order chi connectivity index (χ0) is 16.1. The number of hydrogen-bond acceptors (Lipinski definition) is 5. The number of amides is 1. The molecule has 0 saturated heterocycles. The van der Waals surface area contributed by atoms with Gasteiger partial charge in [-0.1, -0.05) is 0 Å². The Morgan fingerprint density at radius 3 is 3.00 bits per heavy atom. The van der Waals surface area contributed by atoms with Crippen LogP contribution in [-0.4, -0.2) is 11.0 Å². The molecule has 3 aromatic rings. The van der Waals surface area contributed by atoms with Crippen LogP contribution in [0.4, 0.5) is 0 Å². The van der Waals surface area contributed by atoms with Crippen molar-refractivity contribution in [3.05, 3.63) is 74.5 Å². The normalized spacial score (nSPS) is 12.6. The first-order chi connectivity index (χ1) is 11.2. The summed E-state index contributed by atoms with van der Waals surface area (Å²) in [6.07, 6.45) is 4.02. The van der Waals surface area contributed by atoms with Crippen molar-refractivity contribution in [3.63, 3.8) is 0 Å². The van der Waals surface area contributed by atoms with Crippen LogP contribution in [0.2, 0.25) is 0 Å². The predicted molar refractivity (Wildman–Crippen MR) is 92.3 cm³/mol. The molecule has 0 saturated carbocycles. The summed E-state index contributed by atoms with van der Waals surface area (Å²) in [5.41, 5.74) is 0.897. The van der Waals surface area contributed by atoms with E-state index in [0.717, 1.165) is 15.3 Å². The Kier molecular flexibility index (Phi) is 5.07. The Balaban J connectivity index is 1.54. The summed E-state index contributed by atoms with van der Waals surface area (Å²) in [6.45, 7) is 0.433. The molecule has 2 N–H and O–H groups in total. The first-order valence-electron chi connectivity index (χ1n) is 7.00. The molecule has 0 aliphatic rings. The second-order valence-electron chi connectivity index (χ2n) is 4.83. The number of nitrogens with one attached hydrogen (secondary N) is 1. The lowest BCUT2D eigenvalue weighted by Gasteiger charge is -2.05. The van der Waals surface area contributed by atoms with E-state index in [2.05, 4.69) is 5.32 Å². The fraction of sp³-hybridized carbons (Fsp3) is 0.118. The van der Waals surface area contributed by atoms with Gasteiger partial charge in [-0.05, 0) is 52.7 Å². The van der Waals surface area contributed by atoms with Gasteiger partial charge in [0.05, 0.1) is 12.8 Å². The summed E-state index contributed by atoms with van der Waals surface area (Å²) in [5, 5.41) is 17.0. The van der Waals surface area contributed by atoms with E-state index in [1.165, 1.54) is 17.4 Å². The Bertz CT molecular complexity index is 773. The van der Waals surface area contributed by atoms with Crippen molar-refractivity contribution >= 4 is 34.7 Å². The number of carbonyl (C=O) groups excluding carboxylic acids is 1. The summed E-state index contributed by atoms with van der Waals surface area (Å²) in [5.74, 6) is 0.451. The number of aliphatic hydroxyl groups is 1. The third kappa shape index (κ3) is 4.19. The van der Waals surface area contributed by atoms with Crippen molar-refractivity contribution in [3.8, 4) is 0 Å². The SMILES string of the molecule is O=C(/C=C/c1ccco1)NCc1ccc(C(O)c2ccsc2)s1. The molecule has 0 aliphatic carbocycles. The van der Waals surface area contributed by atoms with Crippen molar-refractivity contribution in [1.82, 2.24) is 5.32 Å². The first kappa shape index (κ1) is 15.7. The Labute approximate surface area is 141 Å². The summed E-state index contributed by atoms with van der Waals surface area (Å²) in [6, 6.07) is 9.28. The second-order valence-corrected chi connectivity index (χ2v) is 6.81. The molecule has 0 spiro atoms. The molecule has 0 bridgehead atoms. The molecule has 3 aromatic heterocycles. The van der Waals surface area contributed by atoms with Crippen LogP contribution in [0.3, 0.4) is 0 Å². The van der Waals surface area contributed by atoms with Crippen LogP contribution in [0.1, 0.15) is 27.2 Å². The molecule has 6 heteroatoms. The topological polar surface area (TPSA) is 62.5 Å². The van der Waals surface area contributed by atoms with Crippen molar-refractivity contribution in [2.45, 2.75) is 12.6 Å². The number of aliphatic hydroxyl groups excluding tert-OH is 1. The minimum Gasteiger partial charge on any atom is -0.465 e. The van der Waals surface area contributed by atoms with Gasteiger partial charge >= 0.3 is 0 Å². The van der Waals surface area contributed by atoms with Crippen LogP contribution < -0.4 is 5.32 Å². The van der Waals surface area contributed by atoms with Crippen LogP contribution in [0.25, 0.3) is 6.08 Å². The highest BCUT2D eigenvalue weighted by molar-refractivity contribution is 7.12. The van der Waals surface area contributed by atoms with E-state index in [4.69, 9.17) is 4.42 Å². The molecule has 1 amide bonds. The number of thiophene rings is 2. The summed E-state index contributed by atoms with van der Waals surface area (Å²) in [7, 11) is 0. The van der Waals surface area contributed by atoms with Crippen LogP contribution in [0, 0.1) is 0 Å². The van der Waals surface area contributed by atoms with Crippen LogP contribution >= 0.6 is 22.7 Å². The van der Waals surface area contributed by atoms with E-state index in [0.29, 0.717) is 12.3 Å². The van der Waals surface area contributed by atoms with E-state index in [9.17, 15) is 9.90 Å². The highest BCUT2D eigenvalue weighted by Crippen LogP contribution is 2.29. The zero-order valence-corrected chi connectivity index (χ0v) is 13.8. The Morgan fingerprint density at radius 1 is 1.35 bits per heavy atom. The second kappa shape index (κ2) is 7.41. The molecule has 0 aliphatic heterocycles. The quantitative estimate of drug-likeness (QED) is 0.668. The average molecular weight is 345 g/mol. The average Bonchev–Trinajstić information content (AvgIpc) is 3.33. The highest BCUT2D eigenvalue weighted by atomic mass is 32.1. The minimum atomic E-state index is -0.602. The molecule has 0 fully saturated rings. The Hall–Kier alpha value is -2.15. The molecule has 1 atom stereocenters. The lowest BCUT2D eigenvalue weighted by molar-refractivity contribution is -0.116. The number of carbonyl (C=O) groups is 1. The molecule has 118 valence electrons. The molecule has 0 radical (unpaired) electrons. The maximum atomic E-state index is 11.8. The molecular formula is C17H15NO3S2. The van der Waals surface area contributed by atoms with E-state index < -0.39 is 6.10 Å². The minimum absolute atomic E-state index is 0.185. The van der Waals surface area contributed by atoms with Gasteiger partial charge in [-0.15, -0.1) is 11.3 Å². The fourth-order valence-corrected chi connectivity index (χ4v) is 3.65. The van der Waals surface area contributed by atoms with E-state index in [-0.39, 0.29) is 5.91 Å². The third-order valence-corrected chi connectivity index (χ3v) is 5.03. The van der Waals surface area contributed by atoms with Crippen molar-refractivity contribution in [1.29, 1.82) is 0 Å². The smallest absolute Gasteiger partial charge is 0.244 e. The van der Waals surface area contributed by atoms with E-state index in [1.807, 2.05) is 29.0 Å². The lowest BCUT2D eigenvalue weighted by atomic mass is 10.2. The van der Waals surface area contributed by atoms with Crippen molar-refractivity contribution < 1.29 is 14.3 Å². The van der Waals surface area contributed by atoms with Gasteiger partial charge in [0, 0.05) is 15.8 Å². The largest absolute Gasteiger partial charge is 0.465 e. The van der Waals surface area contributed by atoms with Crippen LogP contribution in [-0.2, 0) is 11.3 Å². The number of rotatable bonds is 6. The summed E-state index contributed by atoms with van der Waals surface area (Å²) < 4.78 is 5.12. The molecule has 4 nitrogen and oxygen atoms in total. The van der Waals surface area contributed by atoms with Gasteiger partial charge in [0.25, 0.3) is 0 Å². The maximum Gasteiger partial charge on any atom is 0.244 e. The van der Waals surface area contributed by atoms with Gasteiger partial charge in [0.1, 0.15) is 11.9 Å². The maximum absolute atomic E-state index is 11.8. The van der Waals surface area contributed by atoms with Gasteiger partial charge in [-0.2, -0.15) is 11.3 Å². The molecule has 23 heavy (non-hydrogen) atoms. The third-order valence-electron chi connectivity index (χ3n) is 3.19. The van der Waals surface area contributed by atoms with Crippen LogP contribution in [0.5, 0.6) is 0 Å². The Morgan fingerprint density at radius 2 is 2.26 bits per heavy atom. The van der Waals surface area contributed by atoms with E-state index in [1.54, 1.807) is 35.8 Å².